The molecule has 0 aromatic rings. The number of hydrogen-bond acceptors (Lipinski definition) is 1. The van der Waals surface area contributed by atoms with Gasteiger partial charge in [-0.25, -0.2) is 0 Å². The topological polar surface area (TPSA) is 9.23 Å². The van der Waals surface area contributed by atoms with Gasteiger partial charge in [-0.1, -0.05) is 50.5 Å². The third-order valence-corrected chi connectivity index (χ3v) is 12.4. The Bertz CT molecular complexity index is 259. The van der Waals surface area contributed by atoms with Crippen molar-refractivity contribution in [3.05, 3.63) is 49.1 Å². The fourth-order valence-corrected chi connectivity index (χ4v) is 9.71. The standard InChI is InChI=1S/C14H26OSi2/c1-9-16(10-2,13(5)6)15-17(11-3,12-4)14(7)8/h9-14H,1-4H2,5-8H3. The van der Waals surface area contributed by atoms with Crippen molar-refractivity contribution >= 4 is 16.6 Å². The second-order valence-corrected chi connectivity index (χ2v) is 13.1. The average molecular weight is 267 g/mol. The van der Waals surface area contributed by atoms with E-state index in [1.165, 1.54) is 0 Å². The molecule has 0 aromatic carbocycles. The largest absolute Gasteiger partial charge is 0.443 e. The molecule has 0 spiro atoms. The Hall–Kier alpha value is -0.646. The lowest BCUT2D eigenvalue weighted by atomic mass is 10.6. The van der Waals surface area contributed by atoms with Crippen molar-refractivity contribution in [2.24, 2.45) is 0 Å². The summed E-state index contributed by atoms with van der Waals surface area (Å²) in [5.74, 6) is 0. The first kappa shape index (κ1) is 16.4. The lowest BCUT2D eigenvalue weighted by molar-refractivity contribution is 0.535. The van der Waals surface area contributed by atoms with Gasteiger partial charge < -0.3 is 4.12 Å². The van der Waals surface area contributed by atoms with Gasteiger partial charge in [0.2, 0.25) is 16.6 Å². The number of hydrogen-bond donors (Lipinski definition) is 0. The molecule has 0 fully saturated rings. The van der Waals surface area contributed by atoms with Crippen LogP contribution in [0.1, 0.15) is 27.7 Å². The van der Waals surface area contributed by atoms with Gasteiger partial charge in [0.1, 0.15) is 0 Å². The Kier molecular flexibility index (Phi) is 6.09. The molecular formula is C14H26OSi2. The minimum Gasteiger partial charge on any atom is -0.443 e. The molecule has 0 aliphatic heterocycles. The third-order valence-electron chi connectivity index (χ3n) is 3.43. The highest BCUT2D eigenvalue weighted by Crippen LogP contribution is 2.33. The summed E-state index contributed by atoms with van der Waals surface area (Å²) in [6.45, 7) is 24.5. The predicted molar refractivity (Wildman–Crippen MR) is 83.6 cm³/mol. The van der Waals surface area contributed by atoms with E-state index in [2.05, 4.69) is 54.0 Å². The molecule has 0 radical (unpaired) electrons. The summed E-state index contributed by atoms with van der Waals surface area (Å²) in [4.78, 5) is 0. The van der Waals surface area contributed by atoms with Crippen LogP contribution in [0.5, 0.6) is 0 Å². The van der Waals surface area contributed by atoms with E-state index in [1.54, 1.807) is 0 Å². The van der Waals surface area contributed by atoms with Crippen LogP contribution < -0.4 is 0 Å². The second kappa shape index (κ2) is 6.33. The summed E-state index contributed by atoms with van der Waals surface area (Å²) in [5, 5.41) is 0. The van der Waals surface area contributed by atoms with Crippen molar-refractivity contribution in [1.29, 1.82) is 0 Å². The molecule has 0 amide bonds. The first-order chi connectivity index (χ1) is 7.84. The highest BCUT2D eigenvalue weighted by atomic mass is 28.4. The van der Waals surface area contributed by atoms with Gasteiger partial charge in [-0.05, 0) is 11.1 Å². The van der Waals surface area contributed by atoms with Crippen molar-refractivity contribution < 1.29 is 4.12 Å². The van der Waals surface area contributed by atoms with Crippen LogP contribution in [0.2, 0.25) is 11.1 Å². The van der Waals surface area contributed by atoms with Crippen LogP contribution in [-0.2, 0) is 4.12 Å². The second-order valence-electron chi connectivity index (χ2n) is 4.94. The molecule has 17 heavy (non-hydrogen) atoms. The summed E-state index contributed by atoms with van der Waals surface area (Å²) in [5.41, 5.74) is 8.73. The molecule has 96 valence electrons. The molecule has 3 heteroatoms. The van der Waals surface area contributed by atoms with E-state index >= 15 is 0 Å². The van der Waals surface area contributed by atoms with Crippen LogP contribution in [-0.4, -0.2) is 16.6 Å². The summed E-state index contributed by atoms with van der Waals surface area (Å²) >= 11 is 0. The molecule has 0 atom stereocenters. The molecule has 1 nitrogen and oxygen atoms in total. The van der Waals surface area contributed by atoms with Crippen molar-refractivity contribution in [3.63, 3.8) is 0 Å². The highest BCUT2D eigenvalue weighted by Gasteiger charge is 2.43. The first-order valence-electron chi connectivity index (χ1n) is 6.08. The Morgan fingerprint density at radius 2 is 0.941 bits per heavy atom. The molecule has 0 N–H and O–H groups in total. The summed E-state index contributed by atoms with van der Waals surface area (Å²) in [6.07, 6.45) is 0. The molecule has 0 rings (SSSR count). The zero-order chi connectivity index (χ0) is 13.7. The quantitative estimate of drug-likeness (QED) is 0.583. The van der Waals surface area contributed by atoms with E-state index in [4.69, 9.17) is 4.12 Å². The van der Waals surface area contributed by atoms with Crippen molar-refractivity contribution in [3.8, 4) is 0 Å². The van der Waals surface area contributed by atoms with E-state index in [0.29, 0.717) is 11.1 Å². The molecule has 0 heterocycles. The lowest BCUT2D eigenvalue weighted by Gasteiger charge is -2.40. The summed E-state index contributed by atoms with van der Waals surface area (Å²) in [7, 11) is -4.23. The van der Waals surface area contributed by atoms with E-state index in [1.807, 2.05) is 22.8 Å². The molecule has 0 unspecified atom stereocenters. The Morgan fingerprint density at radius 3 is 1.06 bits per heavy atom. The van der Waals surface area contributed by atoms with Crippen molar-refractivity contribution in [2.75, 3.05) is 0 Å². The average Bonchev–Trinajstić information content (AvgIpc) is 2.31. The van der Waals surface area contributed by atoms with Crippen LogP contribution in [0.3, 0.4) is 0 Å². The van der Waals surface area contributed by atoms with E-state index in [0.717, 1.165) is 0 Å². The maximum Gasteiger partial charge on any atom is 0.232 e. The van der Waals surface area contributed by atoms with Crippen molar-refractivity contribution in [1.82, 2.24) is 0 Å². The molecule has 0 aliphatic rings. The predicted octanol–water partition coefficient (Wildman–Crippen LogP) is 4.61. The van der Waals surface area contributed by atoms with Gasteiger partial charge in [-0.2, -0.15) is 0 Å². The van der Waals surface area contributed by atoms with Gasteiger partial charge in [0.05, 0.1) is 0 Å². The normalized spacial score (nSPS) is 12.6. The monoisotopic (exact) mass is 266 g/mol. The fourth-order valence-electron chi connectivity index (χ4n) is 1.82. The Morgan fingerprint density at radius 1 is 0.706 bits per heavy atom. The SMILES string of the molecule is C=C[Si](C=C)(O[Si](C=C)(C=C)C(C)C)C(C)C. The minimum absolute atomic E-state index is 0.419. The molecule has 0 aromatic heterocycles. The third kappa shape index (κ3) is 3.18. The van der Waals surface area contributed by atoms with Gasteiger partial charge in [0.25, 0.3) is 0 Å². The molecule has 0 saturated carbocycles. The fraction of sp³-hybridized carbons (Fsp3) is 0.429. The molecular weight excluding hydrogens is 240 g/mol. The van der Waals surface area contributed by atoms with Gasteiger partial charge in [0.15, 0.2) is 0 Å². The summed E-state index contributed by atoms with van der Waals surface area (Å²) in [6, 6.07) is 0. The van der Waals surface area contributed by atoms with E-state index in [9.17, 15) is 0 Å². The van der Waals surface area contributed by atoms with Gasteiger partial charge in [0, 0.05) is 0 Å². The zero-order valence-electron chi connectivity index (χ0n) is 11.7. The van der Waals surface area contributed by atoms with Crippen LogP contribution in [0, 0.1) is 0 Å². The van der Waals surface area contributed by atoms with Crippen LogP contribution in [0.4, 0.5) is 0 Å². The van der Waals surface area contributed by atoms with Gasteiger partial charge in [-0.15, -0.1) is 26.3 Å². The maximum atomic E-state index is 6.55. The van der Waals surface area contributed by atoms with Gasteiger partial charge >= 0.3 is 0 Å². The van der Waals surface area contributed by atoms with Gasteiger partial charge in [-0.3, -0.25) is 0 Å². The molecule has 0 aliphatic carbocycles. The Balaban J connectivity index is 5.48. The maximum absolute atomic E-state index is 6.55. The van der Waals surface area contributed by atoms with Crippen LogP contribution >= 0.6 is 0 Å². The highest BCUT2D eigenvalue weighted by molar-refractivity contribution is 6.97. The number of rotatable bonds is 8. The minimum atomic E-state index is -2.11. The smallest absolute Gasteiger partial charge is 0.232 e. The van der Waals surface area contributed by atoms with Crippen LogP contribution in [0.25, 0.3) is 0 Å². The molecule has 0 bridgehead atoms. The van der Waals surface area contributed by atoms with Crippen LogP contribution in [0.15, 0.2) is 49.1 Å². The lowest BCUT2D eigenvalue weighted by Crippen LogP contribution is -2.51. The zero-order valence-corrected chi connectivity index (χ0v) is 13.7. The summed E-state index contributed by atoms with van der Waals surface area (Å²) < 4.78 is 6.55. The first-order valence-corrected chi connectivity index (χ1v) is 10.4. The molecule has 0 saturated heterocycles. The van der Waals surface area contributed by atoms with E-state index in [-0.39, 0.29) is 0 Å². The Labute approximate surface area is 109 Å². The van der Waals surface area contributed by atoms with Crippen molar-refractivity contribution in [2.45, 2.75) is 38.8 Å². The van der Waals surface area contributed by atoms with E-state index < -0.39 is 16.6 Å².